The Kier molecular flexibility index (Phi) is 3.58. The van der Waals surface area contributed by atoms with E-state index in [0.29, 0.717) is 0 Å². The van der Waals surface area contributed by atoms with E-state index >= 15 is 0 Å². The number of hydrogen-bond donors (Lipinski definition) is 1. The van der Waals surface area contributed by atoms with Gasteiger partial charge in [0.25, 0.3) is 0 Å². The second-order valence-corrected chi connectivity index (χ2v) is 4.30. The minimum atomic E-state index is 0.255. The lowest BCUT2D eigenvalue weighted by molar-refractivity contribution is 0.538. The summed E-state index contributed by atoms with van der Waals surface area (Å²) >= 11 is 0. The fourth-order valence-corrected chi connectivity index (χ4v) is 1.95. The van der Waals surface area contributed by atoms with E-state index in [1.807, 2.05) is 42.1 Å². The van der Waals surface area contributed by atoms with Crippen molar-refractivity contribution in [2.75, 3.05) is 6.54 Å². The minimum absolute atomic E-state index is 0.255. The van der Waals surface area contributed by atoms with Crippen molar-refractivity contribution in [2.45, 2.75) is 19.4 Å². The van der Waals surface area contributed by atoms with Crippen molar-refractivity contribution in [3.05, 3.63) is 36.2 Å². The Morgan fingerprint density at radius 3 is 2.71 bits per heavy atom. The summed E-state index contributed by atoms with van der Waals surface area (Å²) in [5.74, 6) is 0. The zero-order valence-electron chi connectivity index (χ0n) is 10.6. The molecule has 0 fully saturated rings. The summed E-state index contributed by atoms with van der Waals surface area (Å²) in [5.41, 5.74) is 2.31. The van der Waals surface area contributed by atoms with E-state index in [1.165, 1.54) is 5.56 Å². The van der Waals surface area contributed by atoms with Crippen LogP contribution in [0.2, 0.25) is 0 Å². The SMILES string of the molecule is CCNC(Cc1cnn(C)c1)c1cn(C)cn1. The lowest BCUT2D eigenvalue weighted by Gasteiger charge is -2.14. The maximum Gasteiger partial charge on any atom is 0.0947 e. The normalized spacial score (nSPS) is 12.9. The summed E-state index contributed by atoms with van der Waals surface area (Å²) in [7, 11) is 3.93. The Balaban J connectivity index is 2.12. The van der Waals surface area contributed by atoms with Gasteiger partial charge in [-0.3, -0.25) is 4.68 Å². The third-order valence-electron chi connectivity index (χ3n) is 2.73. The molecule has 0 saturated carbocycles. The van der Waals surface area contributed by atoms with Crippen LogP contribution >= 0.6 is 0 Å². The highest BCUT2D eigenvalue weighted by Crippen LogP contribution is 2.16. The van der Waals surface area contributed by atoms with Crippen LogP contribution in [-0.4, -0.2) is 25.9 Å². The van der Waals surface area contributed by atoms with Crippen molar-refractivity contribution in [2.24, 2.45) is 14.1 Å². The summed E-state index contributed by atoms with van der Waals surface area (Å²) in [4.78, 5) is 4.41. The quantitative estimate of drug-likeness (QED) is 0.839. The molecule has 92 valence electrons. The third kappa shape index (κ3) is 2.94. The van der Waals surface area contributed by atoms with Crippen LogP contribution in [0.25, 0.3) is 0 Å². The predicted octanol–water partition coefficient (Wildman–Crippen LogP) is 1.05. The van der Waals surface area contributed by atoms with E-state index in [0.717, 1.165) is 18.7 Å². The standard InChI is InChI=1S/C12H19N5/c1-4-13-11(12-8-16(2)9-14-12)5-10-6-15-17(3)7-10/h6-9,11,13H,4-5H2,1-3H3. The molecule has 1 unspecified atom stereocenters. The smallest absolute Gasteiger partial charge is 0.0947 e. The molecule has 5 heteroatoms. The van der Waals surface area contributed by atoms with Crippen molar-refractivity contribution in [1.29, 1.82) is 0 Å². The van der Waals surface area contributed by atoms with Crippen molar-refractivity contribution in [1.82, 2.24) is 24.6 Å². The number of aromatic nitrogens is 4. The first-order chi connectivity index (χ1) is 8.19. The first-order valence-electron chi connectivity index (χ1n) is 5.87. The monoisotopic (exact) mass is 233 g/mol. The number of hydrogen-bond acceptors (Lipinski definition) is 3. The van der Waals surface area contributed by atoms with Gasteiger partial charge in [-0.1, -0.05) is 6.92 Å². The number of nitrogens with zero attached hydrogens (tertiary/aromatic N) is 4. The highest BCUT2D eigenvalue weighted by molar-refractivity contribution is 5.12. The zero-order valence-corrected chi connectivity index (χ0v) is 10.6. The Labute approximate surface area is 101 Å². The molecule has 5 nitrogen and oxygen atoms in total. The first kappa shape index (κ1) is 11.9. The van der Waals surface area contributed by atoms with Gasteiger partial charge < -0.3 is 9.88 Å². The Morgan fingerprint density at radius 1 is 1.35 bits per heavy atom. The molecule has 1 N–H and O–H groups in total. The van der Waals surface area contributed by atoms with Gasteiger partial charge in [-0.25, -0.2) is 4.98 Å². The molecule has 0 aliphatic heterocycles. The van der Waals surface area contributed by atoms with Crippen molar-refractivity contribution in [3.8, 4) is 0 Å². The van der Waals surface area contributed by atoms with Crippen molar-refractivity contribution >= 4 is 0 Å². The summed E-state index contributed by atoms with van der Waals surface area (Å²) in [5, 5.41) is 7.65. The second-order valence-electron chi connectivity index (χ2n) is 4.30. The number of imidazole rings is 1. The van der Waals surface area contributed by atoms with E-state index < -0.39 is 0 Å². The molecular weight excluding hydrogens is 214 g/mol. The molecule has 0 saturated heterocycles. The molecule has 2 heterocycles. The molecule has 1 atom stereocenters. The van der Waals surface area contributed by atoms with Crippen LogP contribution in [0.1, 0.15) is 24.2 Å². The number of nitrogens with one attached hydrogen (secondary N) is 1. The van der Waals surface area contributed by atoms with Crippen LogP contribution in [0.4, 0.5) is 0 Å². The van der Waals surface area contributed by atoms with Crippen molar-refractivity contribution in [3.63, 3.8) is 0 Å². The second kappa shape index (κ2) is 5.14. The van der Waals surface area contributed by atoms with Gasteiger partial charge in [-0.05, 0) is 18.5 Å². The number of aryl methyl sites for hydroxylation is 2. The van der Waals surface area contributed by atoms with E-state index in [4.69, 9.17) is 0 Å². The van der Waals surface area contributed by atoms with Gasteiger partial charge in [-0.15, -0.1) is 0 Å². The van der Waals surface area contributed by atoms with Crippen LogP contribution in [0.15, 0.2) is 24.9 Å². The summed E-state index contributed by atoms with van der Waals surface area (Å²) in [6.07, 6.45) is 8.77. The van der Waals surface area contributed by atoms with E-state index in [1.54, 1.807) is 0 Å². The zero-order chi connectivity index (χ0) is 12.3. The summed E-state index contributed by atoms with van der Waals surface area (Å²) in [6.45, 7) is 3.04. The Morgan fingerprint density at radius 2 is 2.18 bits per heavy atom. The largest absolute Gasteiger partial charge is 0.340 e. The van der Waals surface area contributed by atoms with Gasteiger partial charge in [0, 0.05) is 26.5 Å². The van der Waals surface area contributed by atoms with Crippen LogP contribution < -0.4 is 5.32 Å². The Hall–Kier alpha value is -1.62. The fraction of sp³-hybridized carbons (Fsp3) is 0.500. The molecule has 0 spiro atoms. The van der Waals surface area contributed by atoms with Crippen molar-refractivity contribution < 1.29 is 0 Å². The van der Waals surface area contributed by atoms with Gasteiger partial charge in [0.05, 0.1) is 24.3 Å². The molecule has 0 amide bonds. The fourth-order valence-electron chi connectivity index (χ4n) is 1.95. The lowest BCUT2D eigenvalue weighted by atomic mass is 10.1. The molecule has 17 heavy (non-hydrogen) atoms. The van der Waals surface area contributed by atoms with E-state index in [9.17, 15) is 0 Å². The van der Waals surface area contributed by atoms with Gasteiger partial charge in [0.2, 0.25) is 0 Å². The molecular formula is C12H19N5. The average Bonchev–Trinajstić information content (AvgIpc) is 2.87. The maximum absolute atomic E-state index is 4.41. The highest BCUT2D eigenvalue weighted by atomic mass is 15.2. The molecule has 0 aliphatic carbocycles. The van der Waals surface area contributed by atoms with Crippen LogP contribution in [0, 0.1) is 0 Å². The number of likely N-dealkylation sites (N-methyl/N-ethyl adjacent to an activating group) is 1. The molecule has 0 aromatic carbocycles. The summed E-state index contributed by atoms with van der Waals surface area (Å²) in [6, 6.07) is 0.255. The summed E-state index contributed by atoms with van der Waals surface area (Å²) < 4.78 is 3.81. The predicted molar refractivity (Wildman–Crippen MR) is 66.5 cm³/mol. The molecule has 0 aliphatic rings. The van der Waals surface area contributed by atoms with Crippen LogP contribution in [-0.2, 0) is 20.5 Å². The van der Waals surface area contributed by atoms with Gasteiger partial charge in [0.15, 0.2) is 0 Å². The van der Waals surface area contributed by atoms with E-state index in [-0.39, 0.29) is 6.04 Å². The maximum atomic E-state index is 4.41. The molecule has 0 radical (unpaired) electrons. The minimum Gasteiger partial charge on any atom is -0.340 e. The first-order valence-corrected chi connectivity index (χ1v) is 5.87. The van der Waals surface area contributed by atoms with Crippen LogP contribution in [0.5, 0.6) is 0 Å². The van der Waals surface area contributed by atoms with Gasteiger partial charge in [0.1, 0.15) is 0 Å². The topological polar surface area (TPSA) is 47.7 Å². The third-order valence-corrected chi connectivity index (χ3v) is 2.73. The van der Waals surface area contributed by atoms with Crippen LogP contribution in [0.3, 0.4) is 0 Å². The molecule has 2 aromatic rings. The molecule has 2 rings (SSSR count). The van der Waals surface area contributed by atoms with E-state index in [2.05, 4.69) is 28.5 Å². The highest BCUT2D eigenvalue weighted by Gasteiger charge is 2.14. The molecule has 2 aromatic heterocycles. The van der Waals surface area contributed by atoms with Gasteiger partial charge in [-0.2, -0.15) is 5.10 Å². The van der Waals surface area contributed by atoms with Gasteiger partial charge >= 0.3 is 0 Å². The average molecular weight is 233 g/mol. The Bertz CT molecular complexity index is 471. The lowest BCUT2D eigenvalue weighted by Crippen LogP contribution is -2.23. The molecule has 0 bridgehead atoms. The number of rotatable bonds is 5.